The van der Waals surface area contributed by atoms with E-state index in [4.69, 9.17) is 9.47 Å². The standard InChI is InChI=1S/C15H20N2O3/c1-4-6-16-15(18)17-7-5-11-8-13(19-2)14(20-3)9-12(11)10-17/h4,8-9H,1,5-7,10H2,2-3H3,(H,16,18). The van der Waals surface area contributed by atoms with Gasteiger partial charge in [0.1, 0.15) is 0 Å². The number of hydrogen-bond acceptors (Lipinski definition) is 3. The number of methoxy groups -OCH3 is 2. The van der Waals surface area contributed by atoms with E-state index in [9.17, 15) is 4.79 Å². The Morgan fingerprint density at radius 2 is 2.00 bits per heavy atom. The van der Waals surface area contributed by atoms with E-state index in [1.54, 1.807) is 25.2 Å². The highest BCUT2D eigenvalue weighted by molar-refractivity contribution is 5.74. The van der Waals surface area contributed by atoms with Crippen molar-refractivity contribution in [3.63, 3.8) is 0 Å². The molecule has 0 fully saturated rings. The van der Waals surface area contributed by atoms with Crippen molar-refractivity contribution in [1.29, 1.82) is 0 Å². The van der Waals surface area contributed by atoms with Crippen molar-refractivity contribution in [3.8, 4) is 11.5 Å². The topological polar surface area (TPSA) is 50.8 Å². The number of ether oxygens (including phenoxy) is 2. The van der Waals surface area contributed by atoms with Gasteiger partial charge in [-0.15, -0.1) is 6.58 Å². The molecule has 0 aromatic heterocycles. The molecule has 0 spiro atoms. The number of carbonyl (C=O) groups is 1. The minimum absolute atomic E-state index is 0.0645. The SMILES string of the molecule is C=CCNC(=O)N1CCc2cc(OC)c(OC)cc2C1. The van der Waals surface area contributed by atoms with Crippen LogP contribution in [0.5, 0.6) is 11.5 Å². The minimum atomic E-state index is -0.0645. The first kappa shape index (κ1) is 14.2. The molecule has 0 unspecified atom stereocenters. The maximum Gasteiger partial charge on any atom is 0.317 e. The number of hydrogen-bond donors (Lipinski definition) is 1. The number of benzene rings is 1. The molecule has 0 radical (unpaired) electrons. The molecule has 0 saturated carbocycles. The van der Waals surface area contributed by atoms with E-state index in [0.717, 1.165) is 17.7 Å². The van der Waals surface area contributed by atoms with Gasteiger partial charge in [0.05, 0.1) is 14.2 Å². The second-order valence-electron chi connectivity index (χ2n) is 4.62. The van der Waals surface area contributed by atoms with Crippen LogP contribution in [0.3, 0.4) is 0 Å². The van der Waals surface area contributed by atoms with E-state index >= 15 is 0 Å². The molecule has 0 aliphatic carbocycles. The largest absolute Gasteiger partial charge is 0.493 e. The van der Waals surface area contributed by atoms with Crippen LogP contribution >= 0.6 is 0 Å². The van der Waals surface area contributed by atoms with Crippen LogP contribution in [0.4, 0.5) is 4.79 Å². The number of fused-ring (bicyclic) bond motifs is 1. The second kappa shape index (κ2) is 6.32. The lowest BCUT2D eigenvalue weighted by Gasteiger charge is -2.29. The van der Waals surface area contributed by atoms with Crippen LogP contribution in [0.15, 0.2) is 24.8 Å². The van der Waals surface area contributed by atoms with Crippen LogP contribution in [0.25, 0.3) is 0 Å². The van der Waals surface area contributed by atoms with Gasteiger partial charge in [0.15, 0.2) is 11.5 Å². The lowest BCUT2D eigenvalue weighted by molar-refractivity contribution is 0.193. The van der Waals surface area contributed by atoms with Crippen molar-refractivity contribution in [2.24, 2.45) is 0 Å². The van der Waals surface area contributed by atoms with Gasteiger partial charge in [0.25, 0.3) is 0 Å². The summed E-state index contributed by atoms with van der Waals surface area (Å²) < 4.78 is 10.6. The molecule has 1 heterocycles. The number of carbonyl (C=O) groups excluding carboxylic acids is 1. The van der Waals surface area contributed by atoms with Crippen LogP contribution in [-0.2, 0) is 13.0 Å². The molecule has 5 heteroatoms. The Balaban J connectivity index is 2.17. The first-order valence-electron chi connectivity index (χ1n) is 6.57. The van der Waals surface area contributed by atoms with Gasteiger partial charge in [-0.05, 0) is 29.7 Å². The van der Waals surface area contributed by atoms with Crippen LogP contribution in [-0.4, -0.2) is 38.2 Å². The van der Waals surface area contributed by atoms with E-state index < -0.39 is 0 Å². The summed E-state index contributed by atoms with van der Waals surface area (Å²) >= 11 is 0. The molecule has 0 bridgehead atoms. The summed E-state index contributed by atoms with van der Waals surface area (Å²) in [5.41, 5.74) is 2.30. The van der Waals surface area contributed by atoms with E-state index in [1.165, 1.54) is 5.56 Å². The summed E-state index contributed by atoms with van der Waals surface area (Å²) in [6.07, 6.45) is 2.49. The molecule has 2 amide bonds. The zero-order chi connectivity index (χ0) is 14.5. The Labute approximate surface area is 119 Å². The first-order valence-corrected chi connectivity index (χ1v) is 6.57. The van der Waals surface area contributed by atoms with E-state index in [1.807, 2.05) is 12.1 Å². The minimum Gasteiger partial charge on any atom is -0.493 e. The Bertz CT molecular complexity index is 514. The van der Waals surface area contributed by atoms with Crippen LogP contribution in [0.2, 0.25) is 0 Å². The number of rotatable bonds is 4. The normalized spacial score (nSPS) is 13.4. The Hall–Kier alpha value is -2.17. The molecule has 1 aromatic carbocycles. The highest BCUT2D eigenvalue weighted by Crippen LogP contribution is 2.33. The molecule has 5 nitrogen and oxygen atoms in total. The fourth-order valence-electron chi connectivity index (χ4n) is 2.33. The van der Waals surface area contributed by atoms with E-state index in [0.29, 0.717) is 25.4 Å². The summed E-state index contributed by atoms with van der Waals surface area (Å²) in [6, 6.07) is 3.87. The molecule has 1 aliphatic rings. The fraction of sp³-hybridized carbons (Fsp3) is 0.400. The van der Waals surface area contributed by atoms with Gasteiger partial charge in [0, 0.05) is 19.6 Å². The molecule has 20 heavy (non-hydrogen) atoms. The number of nitrogens with one attached hydrogen (secondary N) is 1. The van der Waals surface area contributed by atoms with Crippen LogP contribution in [0, 0.1) is 0 Å². The van der Waals surface area contributed by atoms with Gasteiger partial charge in [-0.25, -0.2) is 4.79 Å². The molecule has 2 rings (SSSR count). The maximum atomic E-state index is 12.0. The zero-order valence-electron chi connectivity index (χ0n) is 11.9. The monoisotopic (exact) mass is 276 g/mol. The molecular formula is C15H20N2O3. The highest BCUT2D eigenvalue weighted by Gasteiger charge is 2.22. The summed E-state index contributed by atoms with van der Waals surface area (Å²) in [5, 5.41) is 2.80. The summed E-state index contributed by atoms with van der Waals surface area (Å²) in [7, 11) is 3.24. The summed E-state index contributed by atoms with van der Waals surface area (Å²) in [4.78, 5) is 13.7. The molecule has 1 aliphatic heterocycles. The number of urea groups is 1. The number of nitrogens with zero attached hydrogens (tertiary/aromatic N) is 1. The molecule has 0 saturated heterocycles. The van der Waals surface area contributed by atoms with Crippen LogP contribution in [0.1, 0.15) is 11.1 Å². The Kier molecular flexibility index (Phi) is 4.50. The Morgan fingerprint density at radius 3 is 2.60 bits per heavy atom. The van der Waals surface area contributed by atoms with Crippen molar-refractivity contribution >= 4 is 6.03 Å². The summed E-state index contributed by atoms with van der Waals surface area (Å²) in [5.74, 6) is 1.43. The second-order valence-corrected chi connectivity index (χ2v) is 4.62. The number of amides is 2. The van der Waals surface area contributed by atoms with Crippen molar-refractivity contribution in [3.05, 3.63) is 35.9 Å². The Morgan fingerprint density at radius 1 is 1.35 bits per heavy atom. The third kappa shape index (κ3) is 2.87. The quantitative estimate of drug-likeness (QED) is 0.855. The van der Waals surface area contributed by atoms with Gasteiger partial charge in [-0.1, -0.05) is 6.08 Å². The predicted molar refractivity (Wildman–Crippen MR) is 77.3 cm³/mol. The lowest BCUT2D eigenvalue weighted by Crippen LogP contribution is -2.42. The van der Waals surface area contributed by atoms with Crippen molar-refractivity contribution in [1.82, 2.24) is 10.2 Å². The van der Waals surface area contributed by atoms with E-state index in [-0.39, 0.29) is 6.03 Å². The molecular weight excluding hydrogens is 256 g/mol. The maximum absolute atomic E-state index is 12.0. The van der Waals surface area contributed by atoms with Gasteiger partial charge >= 0.3 is 6.03 Å². The molecule has 0 atom stereocenters. The summed E-state index contributed by atoms with van der Waals surface area (Å²) in [6.45, 7) is 5.35. The average molecular weight is 276 g/mol. The predicted octanol–water partition coefficient (Wildman–Crippen LogP) is 1.96. The molecule has 1 aromatic rings. The van der Waals surface area contributed by atoms with Crippen LogP contribution < -0.4 is 14.8 Å². The molecule has 108 valence electrons. The molecule has 1 N–H and O–H groups in total. The zero-order valence-corrected chi connectivity index (χ0v) is 11.9. The third-order valence-corrected chi connectivity index (χ3v) is 3.40. The van der Waals surface area contributed by atoms with Gasteiger partial charge in [0.2, 0.25) is 0 Å². The van der Waals surface area contributed by atoms with Crippen molar-refractivity contribution in [2.75, 3.05) is 27.3 Å². The van der Waals surface area contributed by atoms with Gasteiger partial charge in [-0.2, -0.15) is 0 Å². The van der Waals surface area contributed by atoms with Gasteiger partial charge in [-0.3, -0.25) is 0 Å². The third-order valence-electron chi connectivity index (χ3n) is 3.40. The smallest absolute Gasteiger partial charge is 0.317 e. The van der Waals surface area contributed by atoms with Crippen molar-refractivity contribution < 1.29 is 14.3 Å². The first-order chi connectivity index (χ1) is 9.69. The lowest BCUT2D eigenvalue weighted by atomic mass is 9.99. The van der Waals surface area contributed by atoms with E-state index in [2.05, 4.69) is 11.9 Å². The fourth-order valence-corrected chi connectivity index (χ4v) is 2.33. The van der Waals surface area contributed by atoms with Gasteiger partial charge < -0.3 is 19.7 Å². The average Bonchev–Trinajstić information content (AvgIpc) is 2.50. The van der Waals surface area contributed by atoms with Crippen molar-refractivity contribution in [2.45, 2.75) is 13.0 Å². The highest BCUT2D eigenvalue weighted by atomic mass is 16.5.